The van der Waals surface area contributed by atoms with Gasteiger partial charge in [-0.15, -0.1) is 11.3 Å². The predicted octanol–water partition coefficient (Wildman–Crippen LogP) is 5.73. The van der Waals surface area contributed by atoms with Gasteiger partial charge >= 0.3 is 0 Å². The summed E-state index contributed by atoms with van der Waals surface area (Å²) in [6.45, 7) is 0.321. The molecule has 25 heavy (non-hydrogen) atoms. The fraction of sp³-hybridized carbons (Fsp3) is 0.0909. The Labute approximate surface area is 148 Å². The Bertz CT molecular complexity index is 1240. The lowest BCUT2D eigenvalue weighted by Gasteiger charge is -2.09. The summed E-state index contributed by atoms with van der Waals surface area (Å²) in [5.74, 6) is 0.838. The first-order chi connectivity index (χ1) is 12.4. The third-order valence-electron chi connectivity index (χ3n) is 4.68. The van der Waals surface area contributed by atoms with Crippen molar-refractivity contribution in [2.24, 2.45) is 0 Å². The van der Waals surface area contributed by atoms with Crippen LogP contribution in [0.1, 0.15) is 0 Å². The van der Waals surface area contributed by atoms with E-state index in [2.05, 4.69) is 54.6 Å². The third-order valence-corrected chi connectivity index (χ3v) is 5.88. The van der Waals surface area contributed by atoms with E-state index in [0.717, 1.165) is 16.5 Å². The van der Waals surface area contributed by atoms with E-state index in [-0.39, 0.29) is 6.61 Å². The molecular weight excluding hydrogens is 328 g/mol. The van der Waals surface area contributed by atoms with Crippen LogP contribution in [0.5, 0.6) is 5.75 Å². The van der Waals surface area contributed by atoms with Crippen LogP contribution in [-0.2, 0) is 0 Å². The van der Waals surface area contributed by atoms with Crippen molar-refractivity contribution >= 4 is 53.1 Å². The van der Waals surface area contributed by atoms with Crippen molar-refractivity contribution in [3.63, 3.8) is 0 Å². The number of fused-ring (bicyclic) bond motifs is 7. The Morgan fingerprint density at radius 2 is 1.60 bits per heavy atom. The van der Waals surface area contributed by atoms with E-state index >= 15 is 0 Å². The molecule has 5 aromatic rings. The van der Waals surface area contributed by atoms with E-state index in [9.17, 15) is 0 Å². The molecule has 0 unspecified atom stereocenters. The smallest absolute Gasteiger partial charge is 0.127 e. The summed E-state index contributed by atoms with van der Waals surface area (Å²) in [5, 5.41) is 16.5. The summed E-state index contributed by atoms with van der Waals surface area (Å²) in [7, 11) is 0. The van der Waals surface area contributed by atoms with Gasteiger partial charge in [0.1, 0.15) is 12.4 Å². The number of aliphatic hydroxyl groups is 1. The van der Waals surface area contributed by atoms with Crippen LogP contribution < -0.4 is 4.74 Å². The van der Waals surface area contributed by atoms with E-state index in [4.69, 9.17) is 9.84 Å². The first-order valence-corrected chi connectivity index (χ1v) is 9.18. The average Bonchev–Trinajstić information content (AvgIpc) is 3.05. The molecule has 0 amide bonds. The molecule has 0 saturated heterocycles. The zero-order valence-electron chi connectivity index (χ0n) is 13.5. The minimum atomic E-state index is 0.0153. The number of aliphatic hydroxyl groups excluding tert-OH is 1. The van der Waals surface area contributed by atoms with Crippen LogP contribution >= 0.6 is 11.3 Å². The summed E-state index contributed by atoms with van der Waals surface area (Å²) in [5.41, 5.74) is 0. The molecule has 0 radical (unpaired) electrons. The third kappa shape index (κ3) is 2.20. The Balaban J connectivity index is 1.96. The number of hydrogen-bond donors (Lipinski definition) is 1. The van der Waals surface area contributed by atoms with Crippen LogP contribution in [0.25, 0.3) is 41.7 Å². The molecule has 5 rings (SSSR count). The van der Waals surface area contributed by atoms with Gasteiger partial charge in [0.15, 0.2) is 0 Å². The van der Waals surface area contributed by atoms with Gasteiger partial charge in [-0.25, -0.2) is 0 Å². The Hall–Kier alpha value is -2.62. The second-order valence-electron chi connectivity index (χ2n) is 6.13. The molecule has 0 atom stereocenters. The standard InChI is InChI=1S/C22H16O2S/c23-12-13-24-18-7-3-5-15-9-11-19-21(20(15)18)17-10-8-14-4-1-2-6-16(14)22(17)25-19/h1-11,23H,12-13H2. The maximum Gasteiger partial charge on any atom is 0.127 e. The van der Waals surface area contributed by atoms with Gasteiger partial charge < -0.3 is 9.84 Å². The van der Waals surface area contributed by atoms with Crippen LogP contribution in [-0.4, -0.2) is 18.3 Å². The van der Waals surface area contributed by atoms with Gasteiger partial charge in [0.25, 0.3) is 0 Å². The summed E-state index contributed by atoms with van der Waals surface area (Å²) < 4.78 is 8.42. The number of hydrogen-bond acceptors (Lipinski definition) is 3. The SMILES string of the molecule is OCCOc1cccc2ccc3sc4c5ccccc5ccc4c3c12. The lowest BCUT2D eigenvalue weighted by atomic mass is 10.0. The highest BCUT2D eigenvalue weighted by molar-refractivity contribution is 7.26. The van der Waals surface area contributed by atoms with Gasteiger partial charge in [0.05, 0.1) is 6.61 Å². The molecule has 2 nitrogen and oxygen atoms in total. The number of benzene rings is 4. The van der Waals surface area contributed by atoms with Gasteiger partial charge in [-0.2, -0.15) is 0 Å². The molecule has 0 aliphatic rings. The first-order valence-electron chi connectivity index (χ1n) is 8.36. The summed E-state index contributed by atoms with van der Waals surface area (Å²) >= 11 is 1.83. The van der Waals surface area contributed by atoms with E-state index in [1.165, 1.54) is 30.9 Å². The van der Waals surface area contributed by atoms with Crippen LogP contribution in [0.3, 0.4) is 0 Å². The van der Waals surface area contributed by atoms with Gasteiger partial charge in [0, 0.05) is 25.6 Å². The van der Waals surface area contributed by atoms with Crippen molar-refractivity contribution in [3.8, 4) is 5.75 Å². The minimum Gasteiger partial charge on any atom is -0.491 e. The zero-order chi connectivity index (χ0) is 16.8. The van der Waals surface area contributed by atoms with E-state index in [0.29, 0.717) is 6.61 Å². The molecule has 3 heteroatoms. The highest BCUT2D eigenvalue weighted by atomic mass is 32.1. The largest absolute Gasteiger partial charge is 0.491 e. The van der Waals surface area contributed by atoms with Crippen LogP contribution in [0.15, 0.2) is 66.7 Å². The molecule has 1 aromatic heterocycles. The molecule has 1 N–H and O–H groups in total. The maximum absolute atomic E-state index is 9.14. The summed E-state index contributed by atoms with van der Waals surface area (Å²) in [6.07, 6.45) is 0. The van der Waals surface area contributed by atoms with Crippen LogP contribution in [0.2, 0.25) is 0 Å². The van der Waals surface area contributed by atoms with Crippen molar-refractivity contribution in [2.45, 2.75) is 0 Å². The minimum absolute atomic E-state index is 0.0153. The summed E-state index contributed by atoms with van der Waals surface area (Å²) in [6, 6.07) is 23.4. The molecule has 0 aliphatic carbocycles. The molecule has 122 valence electrons. The lowest BCUT2D eigenvalue weighted by Crippen LogP contribution is -2.01. The van der Waals surface area contributed by atoms with Crippen molar-refractivity contribution in [2.75, 3.05) is 13.2 Å². The van der Waals surface area contributed by atoms with Crippen molar-refractivity contribution in [1.82, 2.24) is 0 Å². The Morgan fingerprint density at radius 3 is 2.52 bits per heavy atom. The molecule has 0 saturated carbocycles. The fourth-order valence-corrected chi connectivity index (χ4v) is 4.86. The predicted molar refractivity (Wildman–Crippen MR) is 107 cm³/mol. The van der Waals surface area contributed by atoms with Crippen molar-refractivity contribution < 1.29 is 9.84 Å². The highest BCUT2D eigenvalue weighted by Gasteiger charge is 2.14. The van der Waals surface area contributed by atoms with Crippen molar-refractivity contribution in [3.05, 3.63) is 66.7 Å². The Kier molecular flexibility index (Phi) is 3.37. The van der Waals surface area contributed by atoms with Gasteiger partial charge in [-0.3, -0.25) is 0 Å². The van der Waals surface area contributed by atoms with E-state index in [1.807, 2.05) is 23.5 Å². The van der Waals surface area contributed by atoms with E-state index in [1.54, 1.807) is 0 Å². The van der Waals surface area contributed by atoms with Crippen LogP contribution in [0, 0.1) is 0 Å². The molecule has 0 fully saturated rings. The van der Waals surface area contributed by atoms with E-state index < -0.39 is 0 Å². The lowest BCUT2D eigenvalue weighted by molar-refractivity contribution is 0.203. The number of thiophene rings is 1. The molecular formula is C22H16O2S. The highest BCUT2D eigenvalue weighted by Crippen LogP contribution is 2.44. The monoisotopic (exact) mass is 344 g/mol. The fourth-order valence-electron chi connectivity index (χ4n) is 3.61. The average molecular weight is 344 g/mol. The topological polar surface area (TPSA) is 29.5 Å². The zero-order valence-corrected chi connectivity index (χ0v) is 14.3. The molecule has 0 aliphatic heterocycles. The Morgan fingerprint density at radius 1 is 0.760 bits per heavy atom. The quantitative estimate of drug-likeness (QED) is 0.453. The molecule has 1 heterocycles. The normalized spacial score (nSPS) is 11.7. The summed E-state index contributed by atoms with van der Waals surface area (Å²) in [4.78, 5) is 0. The molecule has 0 bridgehead atoms. The molecule has 0 spiro atoms. The van der Waals surface area contributed by atoms with Crippen molar-refractivity contribution in [1.29, 1.82) is 0 Å². The van der Waals surface area contributed by atoms with Gasteiger partial charge in [0.2, 0.25) is 0 Å². The second kappa shape index (κ2) is 5.73. The maximum atomic E-state index is 9.14. The number of rotatable bonds is 3. The van der Waals surface area contributed by atoms with Gasteiger partial charge in [-0.05, 0) is 28.3 Å². The molecule has 4 aromatic carbocycles. The number of ether oxygens (including phenoxy) is 1. The first kappa shape index (κ1) is 14.7. The second-order valence-corrected chi connectivity index (χ2v) is 7.18. The van der Waals surface area contributed by atoms with Gasteiger partial charge in [-0.1, -0.05) is 54.6 Å². The van der Waals surface area contributed by atoms with Crippen LogP contribution in [0.4, 0.5) is 0 Å².